The van der Waals surface area contributed by atoms with Gasteiger partial charge in [0, 0.05) is 11.6 Å². The second kappa shape index (κ2) is 4.18. The zero-order valence-corrected chi connectivity index (χ0v) is 9.84. The number of carbonyl (C=O) groups is 1. The summed E-state index contributed by atoms with van der Waals surface area (Å²) in [6.45, 7) is 0. The summed E-state index contributed by atoms with van der Waals surface area (Å²) in [5, 5.41) is 3.21. The van der Waals surface area contributed by atoms with Crippen LogP contribution in [0.5, 0.6) is 0 Å². The first-order chi connectivity index (χ1) is 8.77. The summed E-state index contributed by atoms with van der Waals surface area (Å²) in [6.07, 6.45) is 0. The zero-order valence-electron chi connectivity index (χ0n) is 9.84. The van der Waals surface area contributed by atoms with Crippen molar-refractivity contribution >= 4 is 11.6 Å². The van der Waals surface area contributed by atoms with Crippen molar-refractivity contribution in [2.45, 2.75) is 12.0 Å². The second-order valence-electron chi connectivity index (χ2n) is 4.50. The molecular weight excluding hydrogens is 224 g/mol. The summed E-state index contributed by atoms with van der Waals surface area (Å²) in [5.74, 6) is -0.319. The Balaban J connectivity index is 2.11. The number of fused-ring (bicyclic) bond motifs is 1. The van der Waals surface area contributed by atoms with Gasteiger partial charge < -0.3 is 11.1 Å². The molecule has 0 spiro atoms. The van der Waals surface area contributed by atoms with Gasteiger partial charge in [-0.25, -0.2) is 0 Å². The van der Waals surface area contributed by atoms with E-state index in [0.29, 0.717) is 0 Å². The van der Waals surface area contributed by atoms with E-state index < -0.39 is 0 Å². The van der Waals surface area contributed by atoms with Crippen LogP contribution in [-0.4, -0.2) is 11.9 Å². The van der Waals surface area contributed by atoms with Crippen LogP contribution < -0.4 is 11.1 Å². The number of nitrogens with two attached hydrogens (primary N) is 1. The van der Waals surface area contributed by atoms with Crippen molar-refractivity contribution < 1.29 is 4.79 Å². The van der Waals surface area contributed by atoms with Crippen LogP contribution in [0.2, 0.25) is 0 Å². The molecule has 1 heterocycles. The van der Waals surface area contributed by atoms with Crippen molar-refractivity contribution in [1.82, 2.24) is 0 Å². The van der Waals surface area contributed by atoms with Crippen LogP contribution in [-0.2, 0) is 4.79 Å². The van der Waals surface area contributed by atoms with E-state index in [0.717, 1.165) is 16.8 Å². The Morgan fingerprint density at radius 2 is 1.67 bits per heavy atom. The molecule has 1 amide bonds. The average molecular weight is 238 g/mol. The van der Waals surface area contributed by atoms with E-state index in [4.69, 9.17) is 5.73 Å². The summed E-state index contributed by atoms with van der Waals surface area (Å²) in [4.78, 5) is 11.6. The first-order valence-electron chi connectivity index (χ1n) is 5.97. The molecule has 2 atom stereocenters. The molecule has 0 aliphatic carbocycles. The smallest absolute Gasteiger partial charge is 0.240 e. The molecule has 0 saturated carbocycles. The average Bonchev–Trinajstić information content (AvgIpc) is 2.79. The quantitative estimate of drug-likeness (QED) is 0.841. The molecule has 1 aliphatic heterocycles. The molecule has 90 valence electrons. The minimum absolute atomic E-state index is 0.0000926. The van der Waals surface area contributed by atoms with Crippen LogP contribution in [0.15, 0.2) is 54.6 Å². The van der Waals surface area contributed by atoms with Crippen molar-refractivity contribution in [3.05, 3.63) is 65.7 Å². The lowest BCUT2D eigenvalue weighted by atomic mass is 9.87. The summed E-state index contributed by atoms with van der Waals surface area (Å²) in [7, 11) is 0. The lowest BCUT2D eigenvalue weighted by Crippen LogP contribution is -2.36. The number of anilines is 1. The fourth-order valence-corrected chi connectivity index (χ4v) is 2.60. The number of benzene rings is 2. The molecule has 3 nitrogen and oxygen atoms in total. The van der Waals surface area contributed by atoms with Crippen LogP contribution in [0, 0.1) is 0 Å². The fraction of sp³-hybridized carbons (Fsp3) is 0.133. The van der Waals surface area contributed by atoms with Gasteiger partial charge in [0.15, 0.2) is 0 Å². The maximum absolute atomic E-state index is 11.6. The summed E-state index contributed by atoms with van der Waals surface area (Å²) in [5.41, 5.74) is 8.74. The van der Waals surface area contributed by atoms with E-state index in [1.54, 1.807) is 0 Å². The molecule has 0 fully saturated rings. The van der Waals surface area contributed by atoms with E-state index >= 15 is 0 Å². The van der Waals surface area contributed by atoms with Crippen LogP contribution >= 0.6 is 0 Å². The standard InChI is InChI=1S/C15H14N2O/c16-15(18)14-13(10-6-2-1-3-7-10)11-8-4-5-9-12(11)17-14/h1-9,13-14,17H,(H2,16,18)/t13-,14+/m1/s1. The Hall–Kier alpha value is -2.29. The van der Waals surface area contributed by atoms with Crippen molar-refractivity contribution in [3.63, 3.8) is 0 Å². The Bertz CT molecular complexity index is 580. The lowest BCUT2D eigenvalue weighted by Gasteiger charge is -2.17. The van der Waals surface area contributed by atoms with Crippen LogP contribution in [0.3, 0.4) is 0 Å². The molecule has 0 bridgehead atoms. The van der Waals surface area contributed by atoms with Crippen molar-refractivity contribution in [1.29, 1.82) is 0 Å². The van der Waals surface area contributed by atoms with Gasteiger partial charge in [-0.2, -0.15) is 0 Å². The first-order valence-corrected chi connectivity index (χ1v) is 5.97. The fourth-order valence-electron chi connectivity index (χ4n) is 2.60. The van der Waals surface area contributed by atoms with E-state index in [-0.39, 0.29) is 17.9 Å². The SMILES string of the molecule is NC(=O)[C@H]1Nc2ccccc2[C@H]1c1ccccc1. The van der Waals surface area contributed by atoms with Gasteiger partial charge in [-0.15, -0.1) is 0 Å². The predicted molar refractivity (Wildman–Crippen MR) is 71.3 cm³/mol. The monoisotopic (exact) mass is 238 g/mol. The molecule has 18 heavy (non-hydrogen) atoms. The highest BCUT2D eigenvalue weighted by atomic mass is 16.1. The highest BCUT2D eigenvalue weighted by Crippen LogP contribution is 2.39. The highest BCUT2D eigenvalue weighted by Gasteiger charge is 2.36. The zero-order chi connectivity index (χ0) is 12.5. The molecule has 3 N–H and O–H groups in total. The van der Waals surface area contributed by atoms with E-state index in [1.165, 1.54) is 0 Å². The highest BCUT2D eigenvalue weighted by molar-refractivity contribution is 5.88. The third-order valence-electron chi connectivity index (χ3n) is 3.41. The van der Waals surface area contributed by atoms with E-state index in [1.807, 2.05) is 54.6 Å². The molecule has 0 saturated heterocycles. The van der Waals surface area contributed by atoms with Crippen molar-refractivity contribution in [3.8, 4) is 0 Å². The minimum Gasteiger partial charge on any atom is -0.373 e. The number of hydrogen-bond donors (Lipinski definition) is 2. The van der Waals surface area contributed by atoms with Crippen molar-refractivity contribution in [2.75, 3.05) is 5.32 Å². The molecular formula is C15H14N2O. The Kier molecular flexibility index (Phi) is 2.52. The third kappa shape index (κ3) is 1.64. The van der Waals surface area contributed by atoms with Gasteiger partial charge in [-0.1, -0.05) is 48.5 Å². The molecule has 0 radical (unpaired) electrons. The maximum Gasteiger partial charge on any atom is 0.240 e. The number of primary amides is 1. The number of hydrogen-bond acceptors (Lipinski definition) is 2. The van der Waals surface area contributed by atoms with Gasteiger partial charge >= 0.3 is 0 Å². The predicted octanol–water partition coefficient (Wildman–Crippen LogP) is 2.10. The summed E-state index contributed by atoms with van der Waals surface area (Å²) in [6, 6.07) is 17.6. The molecule has 2 aromatic rings. The van der Waals surface area contributed by atoms with Crippen LogP contribution in [0.4, 0.5) is 5.69 Å². The van der Waals surface area contributed by atoms with Gasteiger partial charge in [-0.3, -0.25) is 4.79 Å². The Morgan fingerprint density at radius 3 is 2.39 bits per heavy atom. The number of nitrogens with one attached hydrogen (secondary N) is 1. The molecule has 2 aromatic carbocycles. The molecule has 0 unspecified atom stereocenters. The third-order valence-corrected chi connectivity index (χ3v) is 3.41. The number of para-hydroxylation sites is 1. The van der Waals surface area contributed by atoms with E-state index in [9.17, 15) is 4.79 Å². The van der Waals surface area contributed by atoms with E-state index in [2.05, 4.69) is 5.32 Å². The summed E-state index contributed by atoms with van der Waals surface area (Å²) < 4.78 is 0. The maximum atomic E-state index is 11.6. The Morgan fingerprint density at radius 1 is 1.00 bits per heavy atom. The van der Waals surface area contributed by atoms with Gasteiger partial charge in [0.1, 0.15) is 6.04 Å². The molecule has 1 aliphatic rings. The first kappa shape index (κ1) is 10.8. The largest absolute Gasteiger partial charge is 0.373 e. The van der Waals surface area contributed by atoms with Crippen LogP contribution in [0.1, 0.15) is 17.0 Å². The van der Waals surface area contributed by atoms with Crippen LogP contribution in [0.25, 0.3) is 0 Å². The number of rotatable bonds is 2. The van der Waals surface area contributed by atoms with Gasteiger partial charge in [0.05, 0.1) is 0 Å². The normalized spacial score (nSPS) is 21.1. The van der Waals surface area contributed by atoms with Gasteiger partial charge in [0.25, 0.3) is 0 Å². The molecule has 3 rings (SSSR count). The number of amides is 1. The molecule has 3 heteroatoms. The van der Waals surface area contributed by atoms with Gasteiger partial charge in [-0.05, 0) is 17.2 Å². The topological polar surface area (TPSA) is 55.1 Å². The van der Waals surface area contributed by atoms with Gasteiger partial charge in [0.2, 0.25) is 5.91 Å². The second-order valence-corrected chi connectivity index (χ2v) is 4.50. The number of carbonyl (C=O) groups excluding carboxylic acids is 1. The molecule has 0 aromatic heterocycles. The lowest BCUT2D eigenvalue weighted by molar-refractivity contribution is -0.118. The minimum atomic E-state index is -0.371. The summed E-state index contributed by atoms with van der Waals surface area (Å²) >= 11 is 0. The Labute approximate surface area is 106 Å². The van der Waals surface area contributed by atoms with Crippen molar-refractivity contribution in [2.24, 2.45) is 5.73 Å².